The van der Waals surface area contributed by atoms with Crippen LogP contribution in [0.5, 0.6) is 0 Å². The van der Waals surface area contributed by atoms with E-state index in [2.05, 4.69) is 4.98 Å². The lowest BCUT2D eigenvalue weighted by Gasteiger charge is -2.07. The number of imidazole rings is 1. The number of aryl methyl sites for hydroxylation is 2. The fraction of sp³-hybridized carbons (Fsp3) is 0.125. The molecule has 0 aliphatic rings. The topological polar surface area (TPSA) is 41.6 Å². The molecule has 0 aliphatic heterocycles. The minimum atomic E-state index is -0.671. The Kier molecular flexibility index (Phi) is 2.95. The maximum absolute atomic E-state index is 14.3. The summed E-state index contributed by atoms with van der Waals surface area (Å²) in [7, 11) is 1.67. The zero-order valence-electron chi connectivity index (χ0n) is 11.5. The van der Waals surface area contributed by atoms with Crippen molar-refractivity contribution in [2.24, 2.45) is 7.05 Å². The Labute approximate surface area is 120 Å². The normalized spacial score (nSPS) is 10.8. The second kappa shape index (κ2) is 4.67. The van der Waals surface area contributed by atoms with Gasteiger partial charge in [-0.15, -0.1) is 0 Å². The summed E-state index contributed by atoms with van der Waals surface area (Å²) < 4.78 is 29.9. The van der Waals surface area contributed by atoms with Gasteiger partial charge in [0, 0.05) is 7.05 Å². The maximum atomic E-state index is 14.3. The van der Waals surface area contributed by atoms with Crippen LogP contribution in [0.3, 0.4) is 0 Å². The smallest absolute Gasteiger partial charge is 0.146 e. The van der Waals surface area contributed by atoms with Crippen LogP contribution in [0.4, 0.5) is 8.78 Å². The molecule has 0 amide bonds. The number of para-hydroxylation sites is 1. The molecule has 0 saturated heterocycles. The molecule has 0 bridgehead atoms. The third-order valence-corrected chi connectivity index (χ3v) is 3.54. The molecule has 0 N–H and O–H groups in total. The first kappa shape index (κ1) is 13.3. The highest BCUT2D eigenvalue weighted by Gasteiger charge is 2.20. The Hall–Kier alpha value is -2.74. The SMILES string of the molecule is Cc1ccc(F)c(-c2nc3c(C#N)cccc3n2C)c1F. The van der Waals surface area contributed by atoms with Gasteiger partial charge in [0.25, 0.3) is 0 Å². The number of fused-ring (bicyclic) bond motifs is 1. The van der Waals surface area contributed by atoms with E-state index in [0.717, 1.165) is 0 Å². The Morgan fingerprint density at radius 1 is 1.19 bits per heavy atom. The molecule has 3 aromatic rings. The monoisotopic (exact) mass is 283 g/mol. The number of nitriles is 1. The van der Waals surface area contributed by atoms with Gasteiger partial charge in [-0.25, -0.2) is 13.8 Å². The van der Waals surface area contributed by atoms with Crippen LogP contribution in [0.1, 0.15) is 11.1 Å². The van der Waals surface area contributed by atoms with Crippen molar-refractivity contribution in [3.63, 3.8) is 0 Å². The second-order valence-corrected chi connectivity index (χ2v) is 4.83. The van der Waals surface area contributed by atoms with Crippen LogP contribution < -0.4 is 0 Å². The predicted molar refractivity (Wildman–Crippen MR) is 75.5 cm³/mol. The van der Waals surface area contributed by atoms with E-state index >= 15 is 0 Å². The van der Waals surface area contributed by atoms with Gasteiger partial charge in [0.2, 0.25) is 0 Å². The van der Waals surface area contributed by atoms with Crippen LogP contribution in [0.15, 0.2) is 30.3 Å². The van der Waals surface area contributed by atoms with Gasteiger partial charge in [0.1, 0.15) is 29.0 Å². The molecule has 5 heteroatoms. The zero-order chi connectivity index (χ0) is 15.1. The molecule has 1 heterocycles. The van der Waals surface area contributed by atoms with Crippen LogP contribution in [0.2, 0.25) is 0 Å². The summed E-state index contributed by atoms with van der Waals surface area (Å²) >= 11 is 0. The molecule has 0 unspecified atom stereocenters. The van der Waals surface area contributed by atoms with Crippen LogP contribution in [0, 0.1) is 29.9 Å². The van der Waals surface area contributed by atoms with Crippen LogP contribution in [-0.2, 0) is 7.05 Å². The van der Waals surface area contributed by atoms with Gasteiger partial charge in [-0.05, 0) is 30.7 Å². The lowest BCUT2D eigenvalue weighted by atomic mass is 10.1. The van der Waals surface area contributed by atoms with Crippen molar-refractivity contribution < 1.29 is 8.78 Å². The summed E-state index contributed by atoms with van der Waals surface area (Å²) in [5.74, 6) is -1.13. The molecule has 2 aromatic carbocycles. The van der Waals surface area contributed by atoms with Crippen molar-refractivity contribution in [2.45, 2.75) is 6.92 Å². The van der Waals surface area contributed by atoms with E-state index in [9.17, 15) is 8.78 Å². The number of hydrogen-bond donors (Lipinski definition) is 0. The van der Waals surface area contributed by atoms with Gasteiger partial charge >= 0.3 is 0 Å². The van der Waals surface area contributed by atoms with Gasteiger partial charge in [-0.3, -0.25) is 0 Å². The number of benzene rings is 2. The van der Waals surface area contributed by atoms with E-state index in [1.807, 2.05) is 6.07 Å². The van der Waals surface area contributed by atoms with E-state index in [-0.39, 0.29) is 11.4 Å². The molecule has 0 atom stereocenters. The minimum absolute atomic E-state index is 0.169. The number of aromatic nitrogens is 2. The summed E-state index contributed by atoms with van der Waals surface area (Å²) in [6, 6.07) is 9.75. The first-order chi connectivity index (χ1) is 10.0. The fourth-order valence-corrected chi connectivity index (χ4v) is 2.39. The van der Waals surface area contributed by atoms with Crippen molar-refractivity contribution in [1.82, 2.24) is 9.55 Å². The number of hydrogen-bond acceptors (Lipinski definition) is 2. The van der Waals surface area contributed by atoms with Gasteiger partial charge in [0.15, 0.2) is 0 Å². The number of halogens is 2. The van der Waals surface area contributed by atoms with Gasteiger partial charge in [-0.1, -0.05) is 12.1 Å². The highest BCUT2D eigenvalue weighted by molar-refractivity contribution is 5.85. The Morgan fingerprint density at radius 3 is 2.67 bits per heavy atom. The number of nitrogens with zero attached hydrogens (tertiary/aromatic N) is 3. The summed E-state index contributed by atoms with van der Waals surface area (Å²) in [6.45, 7) is 1.57. The molecular weight excluding hydrogens is 272 g/mol. The molecular formula is C16H11F2N3. The highest BCUT2D eigenvalue weighted by atomic mass is 19.1. The van der Waals surface area contributed by atoms with Crippen LogP contribution in [0.25, 0.3) is 22.4 Å². The Bertz CT molecular complexity index is 904. The van der Waals surface area contributed by atoms with Gasteiger partial charge < -0.3 is 4.57 Å². The standard InChI is InChI=1S/C16H11F2N3/c1-9-6-7-11(17)13(14(9)18)16-20-15-10(8-19)4-3-5-12(15)21(16)2/h3-7H,1-2H3. The largest absolute Gasteiger partial charge is 0.327 e. The van der Waals surface area contributed by atoms with Crippen LogP contribution >= 0.6 is 0 Å². The average molecular weight is 283 g/mol. The molecule has 0 aliphatic carbocycles. The highest BCUT2D eigenvalue weighted by Crippen LogP contribution is 2.30. The van der Waals surface area contributed by atoms with Crippen molar-refractivity contribution in [1.29, 1.82) is 5.26 Å². The van der Waals surface area contributed by atoms with E-state index in [1.54, 1.807) is 36.7 Å². The van der Waals surface area contributed by atoms with Gasteiger partial charge in [0.05, 0.1) is 16.6 Å². The molecule has 104 valence electrons. The average Bonchev–Trinajstić information content (AvgIpc) is 2.81. The lowest BCUT2D eigenvalue weighted by molar-refractivity contribution is 0.580. The predicted octanol–water partition coefficient (Wildman–Crippen LogP) is 3.70. The fourth-order valence-electron chi connectivity index (χ4n) is 2.39. The summed E-state index contributed by atoms with van der Waals surface area (Å²) in [6.07, 6.45) is 0. The molecule has 3 nitrogen and oxygen atoms in total. The minimum Gasteiger partial charge on any atom is -0.327 e. The van der Waals surface area contributed by atoms with E-state index in [4.69, 9.17) is 5.26 Å². The molecule has 1 aromatic heterocycles. The molecule has 21 heavy (non-hydrogen) atoms. The maximum Gasteiger partial charge on any atom is 0.146 e. The van der Waals surface area contributed by atoms with Crippen molar-refractivity contribution >= 4 is 11.0 Å². The summed E-state index contributed by atoms with van der Waals surface area (Å²) in [4.78, 5) is 4.28. The van der Waals surface area contributed by atoms with E-state index in [1.165, 1.54) is 12.1 Å². The third-order valence-electron chi connectivity index (χ3n) is 3.54. The van der Waals surface area contributed by atoms with Gasteiger partial charge in [-0.2, -0.15) is 5.26 Å². The van der Waals surface area contributed by atoms with E-state index < -0.39 is 11.6 Å². The molecule has 0 spiro atoms. The van der Waals surface area contributed by atoms with E-state index in [0.29, 0.717) is 22.2 Å². The zero-order valence-corrected chi connectivity index (χ0v) is 11.5. The van der Waals surface area contributed by atoms with Crippen molar-refractivity contribution in [3.05, 3.63) is 53.1 Å². The lowest BCUT2D eigenvalue weighted by Crippen LogP contribution is -1.99. The second-order valence-electron chi connectivity index (χ2n) is 4.83. The first-order valence-corrected chi connectivity index (χ1v) is 6.35. The Morgan fingerprint density at radius 2 is 1.95 bits per heavy atom. The molecule has 0 radical (unpaired) electrons. The Balaban J connectivity index is 2.40. The molecule has 3 rings (SSSR count). The van der Waals surface area contributed by atoms with Crippen molar-refractivity contribution in [3.8, 4) is 17.5 Å². The number of rotatable bonds is 1. The summed E-state index contributed by atoms with van der Waals surface area (Å²) in [5.41, 5.74) is 1.65. The first-order valence-electron chi connectivity index (χ1n) is 6.35. The quantitative estimate of drug-likeness (QED) is 0.683. The van der Waals surface area contributed by atoms with Crippen LogP contribution in [-0.4, -0.2) is 9.55 Å². The van der Waals surface area contributed by atoms with Crippen molar-refractivity contribution in [2.75, 3.05) is 0 Å². The third kappa shape index (κ3) is 1.88. The molecule has 0 saturated carbocycles. The summed E-state index contributed by atoms with van der Waals surface area (Å²) in [5, 5.41) is 9.11. The molecule has 0 fully saturated rings.